The number of rotatable bonds is 43. The molecule has 64 heavy (non-hydrogen) atoms. The zero-order chi connectivity index (χ0) is 46.7. The minimum absolute atomic E-state index is 0.0605. The van der Waals surface area contributed by atoms with Gasteiger partial charge < -0.3 is 45.1 Å². The number of esters is 1. The van der Waals surface area contributed by atoms with E-state index in [0.717, 1.165) is 89.9 Å². The third kappa shape index (κ3) is 33.1. The second kappa shape index (κ2) is 43.2. The highest BCUT2D eigenvalue weighted by Crippen LogP contribution is 2.22. The molecule has 1 heterocycles. The van der Waals surface area contributed by atoms with Crippen molar-refractivity contribution >= 4 is 11.9 Å². The molecular formula is C53H95NO10. The number of ether oxygens (including phenoxy) is 3. The monoisotopic (exact) mass is 906 g/mol. The highest BCUT2D eigenvalue weighted by molar-refractivity contribution is 5.76. The molecule has 1 amide bonds. The number of aliphatic hydroxyl groups excluding tert-OH is 5. The molecule has 11 nitrogen and oxygen atoms in total. The van der Waals surface area contributed by atoms with E-state index in [9.17, 15) is 35.1 Å². The fraction of sp³-hybridized carbons (Fsp3) is 0.811. The third-order valence-corrected chi connectivity index (χ3v) is 11.9. The maximum atomic E-state index is 13.0. The van der Waals surface area contributed by atoms with Gasteiger partial charge in [-0.15, -0.1) is 0 Å². The Balaban J connectivity index is 2.28. The van der Waals surface area contributed by atoms with Crippen LogP contribution in [0.3, 0.4) is 0 Å². The van der Waals surface area contributed by atoms with E-state index in [1.165, 1.54) is 83.5 Å². The summed E-state index contributed by atoms with van der Waals surface area (Å²) in [5, 5.41) is 54.2. The van der Waals surface area contributed by atoms with Crippen LogP contribution in [0.5, 0.6) is 0 Å². The maximum absolute atomic E-state index is 13.0. The molecule has 11 heteroatoms. The number of hydrogen-bond acceptors (Lipinski definition) is 10. The molecule has 0 radical (unpaired) electrons. The summed E-state index contributed by atoms with van der Waals surface area (Å²) >= 11 is 0. The normalized spacial score (nSPS) is 20.3. The molecule has 7 atom stereocenters. The minimum Gasteiger partial charge on any atom is -0.466 e. The van der Waals surface area contributed by atoms with Crippen LogP contribution in [-0.4, -0.2) is 100 Å². The van der Waals surface area contributed by atoms with Gasteiger partial charge in [-0.25, -0.2) is 0 Å². The maximum Gasteiger partial charge on any atom is 0.305 e. The zero-order valence-electron chi connectivity index (χ0n) is 40.5. The number of amides is 1. The molecule has 1 fully saturated rings. The van der Waals surface area contributed by atoms with Crippen LogP contribution in [0.2, 0.25) is 0 Å². The van der Waals surface area contributed by atoms with Crippen molar-refractivity contribution < 1.29 is 49.3 Å². The van der Waals surface area contributed by atoms with E-state index in [1.807, 2.05) is 6.08 Å². The molecule has 1 aliphatic rings. The Bertz CT molecular complexity index is 1210. The largest absolute Gasteiger partial charge is 0.466 e. The van der Waals surface area contributed by atoms with Gasteiger partial charge in [-0.05, 0) is 83.5 Å². The van der Waals surface area contributed by atoms with Crippen LogP contribution in [0.25, 0.3) is 0 Å². The SMILES string of the molecule is CCCCCC/C=C/CC/C=C/CC/C=C/C(O)C(COC1OC(CO)C(O)C(O)C1O)NC(=O)CCCCCCC/C=C\CCCCOC(=O)CCCCCCCCCCCCC. The first-order chi connectivity index (χ1) is 31.2. The number of aliphatic hydroxyl groups is 5. The molecular weight excluding hydrogens is 811 g/mol. The van der Waals surface area contributed by atoms with Crippen molar-refractivity contribution in [3.8, 4) is 0 Å². The van der Waals surface area contributed by atoms with Gasteiger partial charge in [-0.3, -0.25) is 9.59 Å². The Morgan fingerprint density at radius 1 is 0.562 bits per heavy atom. The lowest BCUT2D eigenvalue weighted by molar-refractivity contribution is -0.302. The van der Waals surface area contributed by atoms with Crippen molar-refractivity contribution in [2.24, 2.45) is 0 Å². The van der Waals surface area contributed by atoms with Gasteiger partial charge in [0.1, 0.15) is 24.4 Å². The van der Waals surface area contributed by atoms with Crippen LogP contribution in [0.1, 0.15) is 213 Å². The Morgan fingerprint density at radius 3 is 1.56 bits per heavy atom. The van der Waals surface area contributed by atoms with Crippen LogP contribution in [0, 0.1) is 0 Å². The van der Waals surface area contributed by atoms with E-state index in [4.69, 9.17) is 14.2 Å². The average Bonchev–Trinajstić information content (AvgIpc) is 3.29. The predicted octanol–water partition coefficient (Wildman–Crippen LogP) is 10.5. The lowest BCUT2D eigenvalue weighted by Crippen LogP contribution is -2.60. The van der Waals surface area contributed by atoms with Crippen molar-refractivity contribution in [3.63, 3.8) is 0 Å². The number of unbranched alkanes of at least 4 members (excludes halogenated alkanes) is 23. The van der Waals surface area contributed by atoms with Crippen LogP contribution >= 0.6 is 0 Å². The van der Waals surface area contributed by atoms with E-state index in [1.54, 1.807) is 6.08 Å². The molecule has 1 saturated heterocycles. The predicted molar refractivity (Wildman–Crippen MR) is 260 cm³/mol. The number of carbonyl (C=O) groups excluding carboxylic acids is 2. The van der Waals surface area contributed by atoms with Gasteiger partial charge in [0, 0.05) is 12.8 Å². The van der Waals surface area contributed by atoms with Crippen molar-refractivity contribution in [1.82, 2.24) is 5.32 Å². The Kier molecular flexibility index (Phi) is 40.3. The lowest BCUT2D eigenvalue weighted by Gasteiger charge is -2.40. The van der Waals surface area contributed by atoms with Gasteiger partial charge in [-0.2, -0.15) is 0 Å². The summed E-state index contributed by atoms with van der Waals surface area (Å²) in [4.78, 5) is 25.0. The molecule has 0 bridgehead atoms. The average molecular weight is 906 g/mol. The Labute approximate surface area is 389 Å². The van der Waals surface area contributed by atoms with Crippen LogP contribution < -0.4 is 5.32 Å². The van der Waals surface area contributed by atoms with Crippen molar-refractivity contribution in [3.05, 3.63) is 48.6 Å². The molecule has 7 unspecified atom stereocenters. The second-order valence-electron chi connectivity index (χ2n) is 17.8. The second-order valence-corrected chi connectivity index (χ2v) is 17.8. The van der Waals surface area contributed by atoms with E-state index in [-0.39, 0.29) is 18.5 Å². The first kappa shape index (κ1) is 59.6. The summed E-state index contributed by atoms with van der Waals surface area (Å²) in [7, 11) is 0. The summed E-state index contributed by atoms with van der Waals surface area (Å²) in [6.07, 6.45) is 41.8. The highest BCUT2D eigenvalue weighted by atomic mass is 16.7. The van der Waals surface area contributed by atoms with E-state index in [2.05, 4.69) is 55.6 Å². The van der Waals surface area contributed by atoms with E-state index >= 15 is 0 Å². The molecule has 0 aromatic rings. The molecule has 0 saturated carbocycles. The van der Waals surface area contributed by atoms with Crippen molar-refractivity contribution in [2.45, 2.75) is 256 Å². The summed E-state index contributed by atoms with van der Waals surface area (Å²) in [5.41, 5.74) is 0. The summed E-state index contributed by atoms with van der Waals surface area (Å²) in [6.45, 7) is 4.17. The van der Waals surface area contributed by atoms with Gasteiger partial charge in [-0.1, -0.05) is 165 Å². The smallest absolute Gasteiger partial charge is 0.305 e. The molecule has 0 aromatic heterocycles. The zero-order valence-corrected chi connectivity index (χ0v) is 40.5. The van der Waals surface area contributed by atoms with E-state index in [0.29, 0.717) is 32.3 Å². The summed E-state index contributed by atoms with van der Waals surface area (Å²) in [6, 6.07) is -0.855. The van der Waals surface area contributed by atoms with Crippen LogP contribution in [-0.2, 0) is 23.8 Å². The standard InChI is InChI=1S/C53H95NO10/c1-3-5-7-9-11-13-15-16-17-20-23-27-31-35-39-46(56)45(44-63-53-52(61)51(60)50(59)47(43-55)64-53)54-48(57)40-36-32-28-24-21-18-22-26-30-34-38-42-62-49(58)41-37-33-29-25-19-14-12-10-8-6-4-2/h13,15,20,22-23,26,35,39,45-47,50-53,55-56,59-61H,3-12,14,16-19,21,24-25,27-34,36-38,40-44H2,1-2H3,(H,54,57)/b15-13+,23-20+,26-22-,39-35+. The van der Waals surface area contributed by atoms with Gasteiger partial charge in [0.25, 0.3) is 0 Å². The molecule has 1 rings (SSSR count). The summed E-state index contributed by atoms with van der Waals surface area (Å²) < 4.78 is 16.6. The molecule has 372 valence electrons. The Morgan fingerprint density at radius 2 is 1.02 bits per heavy atom. The van der Waals surface area contributed by atoms with Gasteiger partial charge >= 0.3 is 5.97 Å². The summed E-state index contributed by atoms with van der Waals surface area (Å²) in [5.74, 6) is -0.287. The first-order valence-corrected chi connectivity index (χ1v) is 25.9. The topological polar surface area (TPSA) is 175 Å². The molecule has 1 aliphatic heterocycles. The number of allylic oxidation sites excluding steroid dienone is 7. The molecule has 0 aromatic carbocycles. The Hall–Kier alpha value is -2.38. The molecule has 0 spiro atoms. The quantitative estimate of drug-likeness (QED) is 0.0196. The fourth-order valence-corrected chi connectivity index (χ4v) is 7.69. The lowest BCUT2D eigenvalue weighted by atomic mass is 9.99. The third-order valence-electron chi connectivity index (χ3n) is 11.9. The van der Waals surface area contributed by atoms with Crippen LogP contribution in [0.4, 0.5) is 0 Å². The number of carbonyl (C=O) groups is 2. The van der Waals surface area contributed by atoms with Gasteiger partial charge in [0.2, 0.25) is 5.91 Å². The fourth-order valence-electron chi connectivity index (χ4n) is 7.69. The van der Waals surface area contributed by atoms with Gasteiger partial charge in [0.05, 0.1) is 32.0 Å². The van der Waals surface area contributed by atoms with Crippen molar-refractivity contribution in [2.75, 3.05) is 19.8 Å². The van der Waals surface area contributed by atoms with E-state index < -0.39 is 49.5 Å². The van der Waals surface area contributed by atoms with Crippen LogP contribution in [0.15, 0.2) is 48.6 Å². The molecule has 6 N–H and O–H groups in total. The number of hydrogen-bond donors (Lipinski definition) is 6. The van der Waals surface area contributed by atoms with Gasteiger partial charge in [0.15, 0.2) is 6.29 Å². The van der Waals surface area contributed by atoms with Crippen molar-refractivity contribution in [1.29, 1.82) is 0 Å². The highest BCUT2D eigenvalue weighted by Gasteiger charge is 2.44. The number of nitrogens with one attached hydrogen (secondary N) is 1. The first-order valence-electron chi connectivity index (χ1n) is 25.9. The molecule has 0 aliphatic carbocycles. The minimum atomic E-state index is -1.59.